The maximum absolute atomic E-state index is 13.5. The molecule has 1 saturated heterocycles. The van der Waals surface area contributed by atoms with Crippen molar-refractivity contribution in [1.82, 2.24) is 4.90 Å². The molecule has 1 fully saturated rings. The molecule has 1 amide bonds. The number of piperidine rings is 1. The largest absolute Gasteiger partial charge is 0.445 e. The zero-order valence-electron chi connectivity index (χ0n) is 10.9. The molecular weight excluding hydrogens is 263 g/mol. The van der Waals surface area contributed by atoms with Crippen molar-refractivity contribution in [2.75, 3.05) is 13.1 Å². The number of ether oxygens (including phenoxy) is 1. The van der Waals surface area contributed by atoms with Gasteiger partial charge in [0.15, 0.2) is 0 Å². The van der Waals surface area contributed by atoms with Gasteiger partial charge in [-0.15, -0.1) is 0 Å². The molecule has 1 aliphatic rings. The quantitative estimate of drug-likeness (QED) is 0.484. The van der Waals surface area contributed by atoms with Gasteiger partial charge in [0.2, 0.25) is 0 Å². The maximum atomic E-state index is 13.5. The first-order chi connectivity index (χ1) is 9.70. The van der Waals surface area contributed by atoms with Gasteiger partial charge in [0.25, 0.3) is 0 Å². The Bertz CT molecular complexity index is 504. The van der Waals surface area contributed by atoms with E-state index in [0.29, 0.717) is 0 Å². The molecule has 2 atom stereocenters. The van der Waals surface area contributed by atoms with Crippen LogP contribution in [-0.2, 0) is 11.3 Å². The molecule has 0 aliphatic carbocycles. The lowest BCUT2D eigenvalue weighted by atomic mass is 10.1. The van der Waals surface area contributed by atoms with E-state index >= 15 is 0 Å². The Morgan fingerprint density at radius 3 is 2.95 bits per heavy atom. The first kappa shape index (κ1) is 14.1. The molecule has 1 heterocycles. The number of benzene rings is 1. The van der Waals surface area contributed by atoms with Gasteiger partial charge in [-0.05, 0) is 17.5 Å². The van der Waals surface area contributed by atoms with E-state index in [9.17, 15) is 9.18 Å². The van der Waals surface area contributed by atoms with E-state index in [-0.39, 0.29) is 26.1 Å². The van der Waals surface area contributed by atoms with Crippen molar-refractivity contribution < 1.29 is 13.9 Å². The van der Waals surface area contributed by atoms with Gasteiger partial charge in [-0.3, -0.25) is 0 Å². The topological polar surface area (TPSA) is 78.3 Å². The first-order valence-corrected chi connectivity index (χ1v) is 6.34. The lowest BCUT2D eigenvalue weighted by Gasteiger charge is -2.32. The Morgan fingerprint density at radius 1 is 1.50 bits per heavy atom. The van der Waals surface area contributed by atoms with Crippen molar-refractivity contribution in [1.29, 1.82) is 0 Å². The zero-order valence-corrected chi connectivity index (χ0v) is 10.9. The van der Waals surface area contributed by atoms with Crippen LogP contribution in [0, 0.1) is 0 Å². The Morgan fingerprint density at radius 2 is 2.25 bits per heavy atom. The summed E-state index contributed by atoms with van der Waals surface area (Å²) in [6, 6.07) is 8.46. The molecule has 106 valence electrons. The van der Waals surface area contributed by atoms with Crippen LogP contribution in [0.15, 0.2) is 35.4 Å². The molecule has 0 bridgehead atoms. The minimum absolute atomic E-state index is 0.0544. The van der Waals surface area contributed by atoms with Gasteiger partial charge < -0.3 is 9.64 Å². The Kier molecular flexibility index (Phi) is 4.79. The van der Waals surface area contributed by atoms with Gasteiger partial charge in [-0.1, -0.05) is 35.4 Å². The van der Waals surface area contributed by atoms with Gasteiger partial charge in [-0.25, -0.2) is 9.18 Å². The summed E-state index contributed by atoms with van der Waals surface area (Å²) in [4.78, 5) is 15.9. The monoisotopic (exact) mass is 278 g/mol. The number of hydrogen-bond acceptors (Lipinski definition) is 3. The fourth-order valence-corrected chi connectivity index (χ4v) is 2.05. The highest BCUT2D eigenvalue weighted by molar-refractivity contribution is 5.67. The molecule has 0 saturated carbocycles. The molecule has 2 rings (SSSR count). The average molecular weight is 278 g/mol. The average Bonchev–Trinajstić information content (AvgIpc) is 2.48. The molecule has 0 aromatic heterocycles. The summed E-state index contributed by atoms with van der Waals surface area (Å²) in [7, 11) is 0. The third-order valence-electron chi connectivity index (χ3n) is 3.16. The zero-order chi connectivity index (χ0) is 14.4. The normalized spacial score (nSPS) is 21.9. The van der Waals surface area contributed by atoms with Crippen molar-refractivity contribution in [3.8, 4) is 0 Å². The highest BCUT2D eigenvalue weighted by Crippen LogP contribution is 2.18. The summed E-state index contributed by atoms with van der Waals surface area (Å²) in [6.45, 7) is 0.493. The SMILES string of the molecule is [N-]=[N+]=N[C@H]1CN(C(=O)OCc2ccccc2)CC[C@H]1F. The number of carbonyl (C=O) groups excluding carboxylic acids is 1. The predicted molar refractivity (Wildman–Crippen MR) is 70.6 cm³/mol. The Hall–Kier alpha value is -2.27. The molecule has 1 aromatic carbocycles. The van der Waals surface area contributed by atoms with E-state index in [1.54, 1.807) is 0 Å². The molecule has 1 aliphatic heterocycles. The molecule has 0 unspecified atom stereocenters. The fraction of sp³-hybridized carbons (Fsp3) is 0.462. The van der Waals surface area contributed by atoms with Crippen LogP contribution in [0.3, 0.4) is 0 Å². The summed E-state index contributed by atoms with van der Waals surface area (Å²) in [5.41, 5.74) is 9.25. The smallest absolute Gasteiger partial charge is 0.410 e. The number of alkyl halides is 1. The van der Waals surface area contributed by atoms with Crippen LogP contribution in [0.5, 0.6) is 0 Å². The van der Waals surface area contributed by atoms with E-state index in [4.69, 9.17) is 10.3 Å². The third-order valence-corrected chi connectivity index (χ3v) is 3.16. The summed E-state index contributed by atoms with van der Waals surface area (Å²) >= 11 is 0. The number of amides is 1. The van der Waals surface area contributed by atoms with Crippen molar-refractivity contribution in [2.24, 2.45) is 5.11 Å². The van der Waals surface area contributed by atoms with E-state index in [0.717, 1.165) is 5.56 Å². The van der Waals surface area contributed by atoms with Gasteiger partial charge in [0.1, 0.15) is 12.8 Å². The van der Waals surface area contributed by atoms with E-state index in [2.05, 4.69) is 10.0 Å². The Labute approximate surface area is 115 Å². The minimum atomic E-state index is -1.20. The molecule has 6 nitrogen and oxygen atoms in total. The van der Waals surface area contributed by atoms with Crippen LogP contribution in [0.2, 0.25) is 0 Å². The minimum Gasteiger partial charge on any atom is -0.445 e. The van der Waals surface area contributed by atoms with Crippen LogP contribution in [-0.4, -0.2) is 36.3 Å². The summed E-state index contributed by atoms with van der Waals surface area (Å²) < 4.78 is 18.6. The number of carbonyl (C=O) groups is 1. The van der Waals surface area contributed by atoms with Crippen LogP contribution in [0.25, 0.3) is 10.4 Å². The number of nitrogens with zero attached hydrogens (tertiary/aromatic N) is 4. The second-order valence-corrected chi connectivity index (χ2v) is 4.56. The van der Waals surface area contributed by atoms with Crippen LogP contribution in [0.4, 0.5) is 9.18 Å². The van der Waals surface area contributed by atoms with Crippen molar-refractivity contribution in [3.05, 3.63) is 46.3 Å². The number of halogens is 1. The third kappa shape index (κ3) is 3.61. The van der Waals surface area contributed by atoms with Crippen molar-refractivity contribution in [3.63, 3.8) is 0 Å². The van der Waals surface area contributed by atoms with Crippen LogP contribution in [0.1, 0.15) is 12.0 Å². The lowest BCUT2D eigenvalue weighted by molar-refractivity contribution is 0.0704. The molecule has 1 aromatic rings. The number of rotatable bonds is 3. The number of hydrogen-bond donors (Lipinski definition) is 0. The second kappa shape index (κ2) is 6.77. The first-order valence-electron chi connectivity index (χ1n) is 6.34. The summed E-state index contributed by atoms with van der Waals surface area (Å²) in [5.74, 6) is 0. The second-order valence-electron chi connectivity index (χ2n) is 4.56. The molecule has 0 N–H and O–H groups in total. The molecule has 0 spiro atoms. The number of likely N-dealkylation sites (tertiary alicyclic amines) is 1. The van der Waals surface area contributed by atoms with E-state index in [1.807, 2.05) is 30.3 Å². The fourth-order valence-electron chi connectivity index (χ4n) is 2.05. The van der Waals surface area contributed by atoms with Crippen molar-refractivity contribution >= 4 is 6.09 Å². The van der Waals surface area contributed by atoms with Gasteiger partial charge in [-0.2, -0.15) is 0 Å². The molecular formula is C13H15FN4O2. The molecule has 7 heteroatoms. The van der Waals surface area contributed by atoms with Gasteiger partial charge in [0.05, 0.1) is 6.04 Å². The van der Waals surface area contributed by atoms with Crippen LogP contribution >= 0.6 is 0 Å². The van der Waals surface area contributed by atoms with Gasteiger partial charge in [0, 0.05) is 18.0 Å². The summed E-state index contributed by atoms with van der Waals surface area (Å²) in [5, 5.41) is 3.37. The lowest BCUT2D eigenvalue weighted by Crippen LogP contribution is -2.46. The Balaban J connectivity index is 1.88. The molecule has 0 radical (unpaired) electrons. The van der Waals surface area contributed by atoms with Gasteiger partial charge >= 0.3 is 6.09 Å². The highest BCUT2D eigenvalue weighted by Gasteiger charge is 2.31. The van der Waals surface area contributed by atoms with E-state index in [1.165, 1.54) is 4.90 Å². The van der Waals surface area contributed by atoms with E-state index < -0.39 is 18.3 Å². The standard InChI is InChI=1S/C13H15FN4O2/c14-11-6-7-18(8-12(11)16-17-15)13(19)20-9-10-4-2-1-3-5-10/h1-5,11-12H,6-9H2/t11-,12+/m1/s1. The highest BCUT2D eigenvalue weighted by atomic mass is 19.1. The predicted octanol–water partition coefficient (Wildman–Crippen LogP) is 3.05. The number of azide groups is 1. The van der Waals surface area contributed by atoms with Crippen molar-refractivity contribution in [2.45, 2.75) is 25.2 Å². The summed E-state index contributed by atoms with van der Waals surface area (Å²) in [6.07, 6.45) is -1.56. The van der Waals surface area contributed by atoms with Crippen LogP contribution < -0.4 is 0 Å². The maximum Gasteiger partial charge on any atom is 0.410 e. The molecule has 20 heavy (non-hydrogen) atoms.